The summed E-state index contributed by atoms with van der Waals surface area (Å²) in [5.74, 6) is 0. The molecule has 72 valence electrons. The van der Waals surface area contributed by atoms with E-state index in [1.165, 1.54) is 0 Å². The fourth-order valence-corrected chi connectivity index (χ4v) is 1.56. The molecule has 0 saturated carbocycles. The zero-order valence-corrected chi connectivity index (χ0v) is 7.77. The number of rotatable bonds is 1. The molecule has 0 amide bonds. The molecule has 0 aromatic heterocycles. The van der Waals surface area contributed by atoms with Gasteiger partial charge in [0.2, 0.25) is 0 Å². The summed E-state index contributed by atoms with van der Waals surface area (Å²) in [6.07, 6.45) is -1.07. The predicted molar refractivity (Wildman–Crippen MR) is 44.7 cm³/mol. The fourth-order valence-electron chi connectivity index (χ4n) is 1.56. The Hall–Kier alpha value is -0.160. The van der Waals surface area contributed by atoms with Gasteiger partial charge < -0.3 is 19.8 Å². The lowest BCUT2D eigenvalue weighted by atomic mass is 9.99. The van der Waals surface area contributed by atoms with Gasteiger partial charge in [-0.05, 0) is 21.0 Å². The summed E-state index contributed by atoms with van der Waals surface area (Å²) >= 11 is 0. The molecule has 1 rings (SSSR count). The van der Waals surface area contributed by atoms with E-state index in [2.05, 4.69) is 0 Å². The van der Waals surface area contributed by atoms with Gasteiger partial charge in [-0.15, -0.1) is 0 Å². The SMILES string of the molecule is C[C@H]1O[C@H](O)C[C@H](N(C)C)[C@H]1O. The van der Waals surface area contributed by atoms with Crippen LogP contribution in [-0.4, -0.2) is 53.7 Å². The molecule has 4 heteroatoms. The maximum atomic E-state index is 9.65. The first-order chi connectivity index (χ1) is 5.52. The summed E-state index contributed by atoms with van der Waals surface area (Å²) in [4.78, 5) is 1.91. The van der Waals surface area contributed by atoms with Crippen LogP contribution in [0.5, 0.6) is 0 Å². The van der Waals surface area contributed by atoms with Crippen LogP contribution in [0.1, 0.15) is 13.3 Å². The third kappa shape index (κ3) is 1.95. The van der Waals surface area contributed by atoms with Crippen molar-refractivity contribution < 1.29 is 14.9 Å². The number of likely N-dealkylation sites (N-methyl/N-ethyl adjacent to an activating group) is 1. The molecule has 1 aliphatic heterocycles. The van der Waals surface area contributed by atoms with Gasteiger partial charge in [-0.3, -0.25) is 0 Å². The summed E-state index contributed by atoms with van der Waals surface area (Å²) in [6, 6.07) is -0.0104. The third-order valence-electron chi connectivity index (χ3n) is 2.35. The van der Waals surface area contributed by atoms with Crippen LogP contribution in [-0.2, 0) is 4.74 Å². The van der Waals surface area contributed by atoms with Crippen LogP contribution < -0.4 is 0 Å². The Morgan fingerprint density at radius 2 is 1.92 bits per heavy atom. The number of ether oxygens (including phenoxy) is 1. The Labute approximate surface area is 72.7 Å². The van der Waals surface area contributed by atoms with Gasteiger partial charge in [-0.25, -0.2) is 0 Å². The van der Waals surface area contributed by atoms with Crippen molar-refractivity contribution >= 4 is 0 Å². The number of nitrogens with zero attached hydrogens (tertiary/aromatic N) is 1. The maximum absolute atomic E-state index is 9.65. The van der Waals surface area contributed by atoms with Crippen LogP contribution in [0.4, 0.5) is 0 Å². The largest absolute Gasteiger partial charge is 0.389 e. The summed E-state index contributed by atoms with van der Waals surface area (Å²) < 4.78 is 5.06. The first-order valence-electron chi connectivity index (χ1n) is 4.20. The Kier molecular flexibility index (Phi) is 3.06. The predicted octanol–water partition coefficient (Wildman–Crippen LogP) is -0.595. The van der Waals surface area contributed by atoms with Crippen molar-refractivity contribution in [2.75, 3.05) is 14.1 Å². The Morgan fingerprint density at radius 1 is 1.33 bits per heavy atom. The molecule has 1 fully saturated rings. The van der Waals surface area contributed by atoms with Crippen LogP contribution >= 0.6 is 0 Å². The molecule has 1 aliphatic rings. The number of aliphatic hydroxyl groups excluding tert-OH is 2. The van der Waals surface area contributed by atoms with Crippen molar-refractivity contribution in [1.82, 2.24) is 4.90 Å². The van der Waals surface area contributed by atoms with Crippen molar-refractivity contribution in [1.29, 1.82) is 0 Å². The second kappa shape index (κ2) is 3.70. The van der Waals surface area contributed by atoms with Gasteiger partial charge in [0.05, 0.1) is 12.2 Å². The van der Waals surface area contributed by atoms with E-state index in [4.69, 9.17) is 4.74 Å². The smallest absolute Gasteiger partial charge is 0.156 e. The molecule has 1 saturated heterocycles. The maximum Gasteiger partial charge on any atom is 0.156 e. The van der Waals surface area contributed by atoms with Crippen molar-refractivity contribution in [3.8, 4) is 0 Å². The highest BCUT2D eigenvalue weighted by Crippen LogP contribution is 2.21. The number of hydrogen-bond acceptors (Lipinski definition) is 4. The van der Waals surface area contributed by atoms with Gasteiger partial charge in [-0.1, -0.05) is 0 Å². The van der Waals surface area contributed by atoms with Crippen LogP contribution in [0.15, 0.2) is 0 Å². The lowest BCUT2D eigenvalue weighted by molar-refractivity contribution is -0.212. The summed E-state index contributed by atoms with van der Waals surface area (Å²) in [6.45, 7) is 1.77. The zero-order valence-electron chi connectivity index (χ0n) is 7.77. The van der Waals surface area contributed by atoms with E-state index in [-0.39, 0.29) is 12.1 Å². The van der Waals surface area contributed by atoms with Gasteiger partial charge in [0.1, 0.15) is 0 Å². The fraction of sp³-hybridized carbons (Fsp3) is 1.00. The molecule has 0 radical (unpaired) electrons. The molecule has 0 aromatic rings. The first kappa shape index (κ1) is 9.92. The molecule has 1 heterocycles. The second-order valence-electron chi connectivity index (χ2n) is 3.55. The van der Waals surface area contributed by atoms with Crippen LogP contribution in [0.3, 0.4) is 0 Å². The van der Waals surface area contributed by atoms with E-state index in [1.807, 2.05) is 19.0 Å². The molecular weight excluding hydrogens is 158 g/mol. The van der Waals surface area contributed by atoms with Gasteiger partial charge in [-0.2, -0.15) is 0 Å². The van der Waals surface area contributed by atoms with Gasteiger partial charge in [0, 0.05) is 12.5 Å². The van der Waals surface area contributed by atoms with Crippen molar-refractivity contribution in [3.63, 3.8) is 0 Å². The van der Waals surface area contributed by atoms with Crippen molar-refractivity contribution in [2.45, 2.75) is 37.9 Å². The van der Waals surface area contributed by atoms with E-state index in [9.17, 15) is 10.2 Å². The Morgan fingerprint density at radius 3 is 2.42 bits per heavy atom. The topological polar surface area (TPSA) is 52.9 Å². The second-order valence-corrected chi connectivity index (χ2v) is 3.55. The normalized spacial score (nSPS) is 43.5. The molecule has 0 unspecified atom stereocenters. The standard InChI is InChI=1S/C8H17NO3/c1-5-8(11)6(9(2)3)4-7(10)12-5/h5-8,10-11H,4H2,1-3H3/t5-,6+,7+,8+/m1/s1. The average molecular weight is 175 g/mol. The number of aliphatic hydroxyl groups is 2. The highest BCUT2D eigenvalue weighted by Gasteiger charge is 2.35. The summed E-state index contributed by atoms with van der Waals surface area (Å²) in [7, 11) is 3.78. The highest BCUT2D eigenvalue weighted by atomic mass is 16.6. The van der Waals surface area contributed by atoms with E-state index in [1.54, 1.807) is 6.92 Å². The van der Waals surface area contributed by atoms with E-state index in [0.29, 0.717) is 6.42 Å². The molecule has 2 N–H and O–H groups in total. The molecule has 0 aromatic carbocycles. The van der Waals surface area contributed by atoms with E-state index in [0.717, 1.165) is 0 Å². The quantitative estimate of drug-likeness (QED) is 0.559. The summed E-state index contributed by atoms with van der Waals surface area (Å²) in [5, 5.41) is 18.9. The van der Waals surface area contributed by atoms with Gasteiger partial charge in [0.15, 0.2) is 6.29 Å². The zero-order chi connectivity index (χ0) is 9.30. The minimum Gasteiger partial charge on any atom is -0.389 e. The highest BCUT2D eigenvalue weighted by molar-refractivity contribution is 4.85. The number of hydrogen-bond donors (Lipinski definition) is 2. The van der Waals surface area contributed by atoms with Crippen LogP contribution in [0.25, 0.3) is 0 Å². The molecule has 4 nitrogen and oxygen atoms in total. The minimum atomic E-state index is -0.740. The molecular formula is C8H17NO3. The van der Waals surface area contributed by atoms with Crippen LogP contribution in [0.2, 0.25) is 0 Å². The van der Waals surface area contributed by atoms with Gasteiger partial charge in [0.25, 0.3) is 0 Å². The molecule has 0 spiro atoms. The molecule has 0 bridgehead atoms. The Bertz CT molecular complexity index is 151. The first-order valence-corrected chi connectivity index (χ1v) is 4.20. The molecule has 4 atom stereocenters. The monoisotopic (exact) mass is 175 g/mol. The summed E-state index contributed by atoms with van der Waals surface area (Å²) in [5.41, 5.74) is 0. The third-order valence-corrected chi connectivity index (χ3v) is 2.35. The van der Waals surface area contributed by atoms with E-state index >= 15 is 0 Å². The molecule has 0 aliphatic carbocycles. The minimum absolute atomic E-state index is 0.0104. The lowest BCUT2D eigenvalue weighted by Gasteiger charge is -2.39. The Balaban J connectivity index is 2.60. The van der Waals surface area contributed by atoms with Crippen molar-refractivity contribution in [2.24, 2.45) is 0 Å². The van der Waals surface area contributed by atoms with Crippen molar-refractivity contribution in [3.05, 3.63) is 0 Å². The average Bonchev–Trinajstić information content (AvgIpc) is 1.96. The van der Waals surface area contributed by atoms with E-state index < -0.39 is 12.4 Å². The lowest BCUT2D eigenvalue weighted by Crippen LogP contribution is -2.52. The molecule has 12 heavy (non-hydrogen) atoms. The van der Waals surface area contributed by atoms with Crippen LogP contribution in [0, 0.1) is 0 Å². The van der Waals surface area contributed by atoms with Gasteiger partial charge >= 0.3 is 0 Å².